The molecule has 176 valence electrons. The Morgan fingerprint density at radius 3 is 2.53 bits per heavy atom. The second-order valence-corrected chi connectivity index (χ2v) is 10.7. The lowest BCUT2D eigenvalue weighted by Gasteiger charge is -2.14. The molecule has 34 heavy (non-hydrogen) atoms. The van der Waals surface area contributed by atoms with Gasteiger partial charge in [0.05, 0.1) is 11.4 Å². The summed E-state index contributed by atoms with van der Waals surface area (Å²) in [5, 5.41) is 3.42. The van der Waals surface area contributed by atoms with Crippen molar-refractivity contribution in [1.29, 1.82) is 0 Å². The van der Waals surface area contributed by atoms with Gasteiger partial charge in [-0.15, -0.1) is 0 Å². The molecule has 9 heteroatoms. The number of carbonyl (C=O) groups excluding carboxylic acids is 1. The number of hydrogen-bond acceptors (Lipinski definition) is 6. The van der Waals surface area contributed by atoms with Gasteiger partial charge in [-0.2, -0.15) is 0 Å². The summed E-state index contributed by atoms with van der Waals surface area (Å²) in [5.74, 6) is 0.0634. The highest BCUT2D eigenvalue weighted by molar-refractivity contribution is 7.99. The van der Waals surface area contributed by atoms with Crippen LogP contribution in [0, 0.1) is 17.8 Å². The highest BCUT2D eigenvalue weighted by Crippen LogP contribution is 2.28. The van der Waals surface area contributed by atoms with Gasteiger partial charge in [0.2, 0.25) is 5.91 Å². The van der Waals surface area contributed by atoms with E-state index in [0.29, 0.717) is 25.1 Å². The third-order valence-corrected chi connectivity index (χ3v) is 7.98. The molecule has 1 N–H and O–H groups in total. The van der Waals surface area contributed by atoms with Crippen LogP contribution in [0.5, 0.6) is 0 Å². The Hall–Kier alpha value is -2.75. The Labute approximate surface area is 211 Å². The van der Waals surface area contributed by atoms with Crippen molar-refractivity contribution in [2.24, 2.45) is 0 Å². The first-order valence-corrected chi connectivity index (χ1v) is 13.2. The molecule has 2 heterocycles. The van der Waals surface area contributed by atoms with Gasteiger partial charge in [0.1, 0.15) is 4.70 Å². The number of nitrogens with one attached hydrogen (secondary N) is 1. The van der Waals surface area contributed by atoms with E-state index in [0.717, 1.165) is 17.7 Å². The van der Waals surface area contributed by atoms with Crippen LogP contribution in [0.2, 0.25) is 0 Å². The molecule has 0 aliphatic carbocycles. The topological polar surface area (TPSA) is 68.9 Å². The molecule has 2 aromatic heterocycles. The third kappa shape index (κ3) is 4.87. The molecular formula is C25H26N4O2S3. The van der Waals surface area contributed by atoms with Crippen LogP contribution in [0.3, 0.4) is 0 Å². The zero-order chi connectivity index (χ0) is 24.4. The van der Waals surface area contributed by atoms with Crippen LogP contribution in [-0.2, 0) is 4.79 Å². The number of carbonyl (C=O) groups is 1. The van der Waals surface area contributed by atoms with Crippen molar-refractivity contribution in [3.8, 4) is 11.4 Å². The molecule has 4 aromatic rings. The third-order valence-electron chi connectivity index (χ3n) is 5.69. The zero-order valence-corrected chi connectivity index (χ0v) is 21.9. The summed E-state index contributed by atoms with van der Waals surface area (Å²) >= 11 is 8.17. The number of aromatic nitrogens is 3. The van der Waals surface area contributed by atoms with E-state index in [4.69, 9.17) is 17.2 Å². The van der Waals surface area contributed by atoms with E-state index >= 15 is 0 Å². The summed E-state index contributed by atoms with van der Waals surface area (Å²) in [6.07, 6.45) is 0.849. The monoisotopic (exact) mass is 510 g/mol. The fraction of sp³-hybridized carbons (Fsp3) is 0.280. The first-order chi connectivity index (χ1) is 16.3. The number of benzene rings is 2. The minimum absolute atomic E-state index is 0.0893. The predicted octanol–water partition coefficient (Wildman–Crippen LogP) is 5.59. The van der Waals surface area contributed by atoms with Crippen LogP contribution in [-0.4, -0.2) is 31.8 Å². The van der Waals surface area contributed by atoms with Crippen LogP contribution in [0.4, 0.5) is 0 Å². The SMILES string of the molecule is CC[C@H](C)NC(=O)CSc1nc2c(sc(=S)n2-c2ccc(C)c(C)c2)c(=O)n1-c1ccccc1. The largest absolute Gasteiger partial charge is 0.353 e. The molecule has 2 aromatic carbocycles. The first-order valence-electron chi connectivity index (χ1n) is 11.0. The maximum Gasteiger partial charge on any atom is 0.278 e. The van der Waals surface area contributed by atoms with E-state index in [9.17, 15) is 9.59 Å². The van der Waals surface area contributed by atoms with Gasteiger partial charge in [-0.25, -0.2) is 4.98 Å². The lowest BCUT2D eigenvalue weighted by atomic mass is 10.1. The molecule has 4 rings (SSSR count). The first kappa shape index (κ1) is 24.4. The minimum Gasteiger partial charge on any atom is -0.353 e. The number of thioether (sulfide) groups is 1. The number of thiazole rings is 1. The van der Waals surface area contributed by atoms with E-state index in [1.165, 1.54) is 28.7 Å². The minimum atomic E-state index is -0.195. The Balaban J connectivity index is 1.88. The number of para-hydroxylation sites is 1. The quantitative estimate of drug-likeness (QED) is 0.199. The molecule has 0 unspecified atom stereocenters. The summed E-state index contributed by atoms with van der Waals surface area (Å²) in [6.45, 7) is 8.09. The fourth-order valence-electron chi connectivity index (χ4n) is 3.48. The van der Waals surface area contributed by atoms with Crippen LogP contribution in [0.25, 0.3) is 21.7 Å². The van der Waals surface area contributed by atoms with E-state index in [1.807, 2.05) is 73.9 Å². The smallest absolute Gasteiger partial charge is 0.278 e. The van der Waals surface area contributed by atoms with Gasteiger partial charge >= 0.3 is 0 Å². The van der Waals surface area contributed by atoms with E-state index in [1.54, 1.807) is 4.57 Å². The zero-order valence-electron chi connectivity index (χ0n) is 19.5. The molecule has 0 aliphatic heterocycles. The number of rotatable bonds is 7. The summed E-state index contributed by atoms with van der Waals surface area (Å²) in [4.78, 5) is 31.1. The van der Waals surface area contributed by atoms with E-state index < -0.39 is 0 Å². The normalized spacial score (nSPS) is 12.1. The highest BCUT2D eigenvalue weighted by Gasteiger charge is 2.20. The number of amides is 1. The Morgan fingerprint density at radius 1 is 1.12 bits per heavy atom. The van der Waals surface area contributed by atoms with Crippen molar-refractivity contribution >= 4 is 51.6 Å². The summed E-state index contributed by atoms with van der Waals surface area (Å²) in [6, 6.07) is 15.5. The van der Waals surface area contributed by atoms with Crippen LogP contribution < -0.4 is 10.9 Å². The average molecular weight is 511 g/mol. The Kier molecular flexibility index (Phi) is 7.35. The van der Waals surface area contributed by atoms with Gasteiger partial charge in [-0.3, -0.25) is 18.7 Å². The van der Waals surface area contributed by atoms with Crippen LogP contribution in [0.1, 0.15) is 31.4 Å². The predicted molar refractivity (Wildman–Crippen MR) is 143 cm³/mol. The average Bonchev–Trinajstić information content (AvgIpc) is 3.16. The van der Waals surface area contributed by atoms with Crippen molar-refractivity contribution in [2.75, 3.05) is 5.75 Å². The number of fused-ring (bicyclic) bond motifs is 1. The molecule has 6 nitrogen and oxygen atoms in total. The van der Waals surface area contributed by atoms with Crippen molar-refractivity contribution in [2.45, 2.75) is 45.3 Å². The lowest BCUT2D eigenvalue weighted by molar-refractivity contribution is -0.119. The standard InChI is InChI=1S/C25H26N4O2S3/c1-5-17(4)26-20(30)14-33-24-27-22-21(23(31)29(24)18-9-7-6-8-10-18)34-25(32)28(22)19-12-11-15(2)16(3)13-19/h6-13,17H,5,14H2,1-4H3,(H,26,30)/t17-/m0/s1. The van der Waals surface area contributed by atoms with Gasteiger partial charge in [0.15, 0.2) is 14.8 Å². The van der Waals surface area contributed by atoms with Gasteiger partial charge in [-0.05, 0) is 74.8 Å². The second kappa shape index (κ2) is 10.2. The summed E-state index contributed by atoms with van der Waals surface area (Å²) < 4.78 is 4.46. The van der Waals surface area contributed by atoms with Crippen LogP contribution >= 0.6 is 35.3 Å². The molecule has 0 fully saturated rings. The van der Waals surface area contributed by atoms with Crippen molar-refractivity contribution in [3.63, 3.8) is 0 Å². The lowest BCUT2D eigenvalue weighted by Crippen LogP contribution is -2.33. The van der Waals surface area contributed by atoms with Crippen molar-refractivity contribution < 1.29 is 4.79 Å². The molecule has 1 amide bonds. The molecule has 1 atom stereocenters. The molecule has 0 radical (unpaired) electrons. The maximum absolute atomic E-state index is 13.7. The number of aryl methyl sites for hydroxylation is 2. The van der Waals surface area contributed by atoms with Gasteiger partial charge in [-0.1, -0.05) is 54.3 Å². The second-order valence-electron chi connectivity index (χ2n) is 8.16. The molecule has 0 saturated heterocycles. The summed E-state index contributed by atoms with van der Waals surface area (Å²) in [5.41, 5.74) is 4.20. The molecule has 0 spiro atoms. The Morgan fingerprint density at radius 2 is 1.85 bits per heavy atom. The van der Waals surface area contributed by atoms with Gasteiger partial charge < -0.3 is 5.32 Å². The van der Waals surface area contributed by atoms with Gasteiger partial charge in [0, 0.05) is 11.7 Å². The van der Waals surface area contributed by atoms with Crippen molar-refractivity contribution in [3.05, 3.63) is 74.0 Å². The van der Waals surface area contributed by atoms with E-state index in [-0.39, 0.29) is 23.3 Å². The maximum atomic E-state index is 13.7. The number of nitrogens with zero attached hydrogens (tertiary/aromatic N) is 3. The van der Waals surface area contributed by atoms with Gasteiger partial charge in [0.25, 0.3) is 5.56 Å². The Bertz CT molecular complexity index is 1470. The highest BCUT2D eigenvalue weighted by atomic mass is 32.2. The fourth-order valence-corrected chi connectivity index (χ4v) is 5.60. The molecular weight excluding hydrogens is 485 g/mol. The molecule has 0 aliphatic rings. The van der Waals surface area contributed by atoms with E-state index in [2.05, 4.69) is 12.2 Å². The molecule has 0 bridgehead atoms. The summed E-state index contributed by atoms with van der Waals surface area (Å²) in [7, 11) is 0. The van der Waals surface area contributed by atoms with Crippen molar-refractivity contribution in [1.82, 2.24) is 19.4 Å². The molecule has 0 saturated carbocycles. The van der Waals surface area contributed by atoms with Crippen LogP contribution in [0.15, 0.2) is 58.5 Å². The number of hydrogen-bond donors (Lipinski definition) is 1.